The van der Waals surface area contributed by atoms with Gasteiger partial charge < -0.3 is 10.1 Å². The first-order valence-electron chi connectivity index (χ1n) is 13.0. The highest BCUT2D eigenvalue weighted by molar-refractivity contribution is 7.13. The van der Waals surface area contributed by atoms with Gasteiger partial charge in [0.25, 0.3) is 17.0 Å². The molecular weight excluding hydrogens is 488 g/mol. The van der Waals surface area contributed by atoms with Gasteiger partial charge in [-0.2, -0.15) is 0 Å². The van der Waals surface area contributed by atoms with Crippen molar-refractivity contribution in [2.45, 2.75) is 89.6 Å². The highest BCUT2D eigenvalue weighted by Crippen LogP contribution is 2.33. The summed E-state index contributed by atoms with van der Waals surface area (Å²) < 4.78 is 31.3. The number of hydrogen-bond acceptors (Lipinski definition) is 6. The van der Waals surface area contributed by atoms with Gasteiger partial charge in [0.15, 0.2) is 6.61 Å². The number of aromatic nitrogens is 1. The Balaban J connectivity index is 1.04. The molecule has 5 nitrogen and oxygen atoms in total. The maximum Gasteiger partial charge on any atom is 0.278 e. The third-order valence-corrected chi connectivity index (χ3v) is 9.72. The third-order valence-electron chi connectivity index (χ3n) is 7.58. The van der Waals surface area contributed by atoms with Gasteiger partial charge in [0.1, 0.15) is 0 Å². The van der Waals surface area contributed by atoms with Gasteiger partial charge >= 0.3 is 0 Å². The molecule has 0 unspecified atom stereocenters. The van der Waals surface area contributed by atoms with Crippen LogP contribution in [0.25, 0.3) is 0 Å². The van der Waals surface area contributed by atoms with Gasteiger partial charge in [-0.05, 0) is 93.2 Å². The minimum atomic E-state index is -2.84. The van der Waals surface area contributed by atoms with E-state index in [0.29, 0.717) is 17.2 Å². The van der Waals surface area contributed by atoms with Crippen LogP contribution in [0.3, 0.4) is 0 Å². The van der Waals surface area contributed by atoms with Gasteiger partial charge in [-0.1, -0.05) is 11.3 Å². The first-order chi connectivity index (χ1) is 16.8. The summed E-state index contributed by atoms with van der Waals surface area (Å²) in [6.45, 7) is 3.02. The Kier molecular flexibility index (Phi) is 7.75. The van der Waals surface area contributed by atoms with Crippen molar-refractivity contribution < 1.29 is 18.3 Å². The van der Waals surface area contributed by atoms with E-state index in [4.69, 9.17) is 4.74 Å². The zero-order valence-corrected chi connectivity index (χ0v) is 22.0. The monoisotopic (exact) mass is 523 g/mol. The molecule has 1 fully saturated rings. The number of thiophene rings is 1. The average Bonchev–Trinajstić information content (AvgIpc) is 3.45. The first-order valence-corrected chi connectivity index (χ1v) is 14.7. The van der Waals surface area contributed by atoms with E-state index >= 15 is 0 Å². The molecule has 1 N–H and O–H groups in total. The molecule has 9 heteroatoms. The van der Waals surface area contributed by atoms with Crippen LogP contribution < -0.4 is 10.1 Å². The molecule has 0 radical (unpaired) electrons. The number of hydrogen-bond donors (Lipinski definition) is 1. The van der Waals surface area contributed by atoms with Crippen LogP contribution in [0.5, 0.6) is 5.19 Å². The summed E-state index contributed by atoms with van der Waals surface area (Å²) in [6.07, 6.45) is 11.1. The number of rotatable bonds is 8. The predicted molar refractivity (Wildman–Crippen MR) is 136 cm³/mol. The van der Waals surface area contributed by atoms with E-state index in [1.165, 1.54) is 40.2 Å². The van der Waals surface area contributed by atoms with E-state index in [9.17, 15) is 13.6 Å². The quantitative estimate of drug-likeness (QED) is 0.471. The number of carbonyl (C=O) groups is 1. The highest BCUT2D eigenvalue weighted by Gasteiger charge is 2.28. The Hall–Kier alpha value is -1.58. The summed E-state index contributed by atoms with van der Waals surface area (Å²) >= 11 is 3.03. The van der Waals surface area contributed by atoms with E-state index < -0.39 is 12.5 Å². The number of amides is 1. The van der Waals surface area contributed by atoms with Crippen molar-refractivity contribution in [3.63, 3.8) is 0 Å². The normalized spacial score (nSPS) is 22.9. The summed E-state index contributed by atoms with van der Waals surface area (Å²) in [5.74, 6) is -2.01. The average molecular weight is 524 g/mol. The number of halogens is 2. The summed E-state index contributed by atoms with van der Waals surface area (Å²) in [7, 11) is 0. The van der Waals surface area contributed by atoms with Crippen LogP contribution in [-0.4, -0.2) is 47.5 Å². The molecule has 2 aromatic heterocycles. The third kappa shape index (κ3) is 6.41. The molecule has 0 spiro atoms. The van der Waals surface area contributed by atoms with Crippen LogP contribution in [0.1, 0.15) is 83.2 Å². The second-order valence-electron chi connectivity index (χ2n) is 10.5. The number of alkyl halides is 2. The Morgan fingerprint density at radius 1 is 1.23 bits per heavy atom. The number of aryl methyl sites for hydroxylation is 1. The number of nitrogens with zero attached hydrogens (tertiary/aromatic N) is 2. The van der Waals surface area contributed by atoms with Crippen molar-refractivity contribution in [1.82, 2.24) is 15.2 Å². The molecule has 35 heavy (non-hydrogen) atoms. The van der Waals surface area contributed by atoms with Gasteiger partial charge in [-0.25, -0.2) is 13.8 Å². The molecule has 1 saturated carbocycles. The Bertz CT molecular complexity index is 1020. The molecule has 0 saturated heterocycles. The van der Waals surface area contributed by atoms with Gasteiger partial charge in [-0.3, -0.25) is 9.69 Å². The van der Waals surface area contributed by atoms with Crippen molar-refractivity contribution in [2.24, 2.45) is 5.92 Å². The maximum absolute atomic E-state index is 13.1. The predicted octanol–water partition coefficient (Wildman–Crippen LogP) is 5.85. The zero-order valence-electron chi connectivity index (χ0n) is 20.4. The molecular formula is C26H35F2N3O2S2. The SMILES string of the molecule is CC(F)(F)COc1nc2c(s1)CCN(CC[C@H]1CC[C@H](NC(=O)c3scc4c3CCCC4)CC1)C2. The fourth-order valence-electron chi connectivity index (χ4n) is 5.59. The van der Waals surface area contributed by atoms with Crippen LogP contribution in [0.4, 0.5) is 8.78 Å². The molecule has 0 atom stereocenters. The molecule has 1 amide bonds. The van der Waals surface area contributed by atoms with Crippen LogP contribution in [0, 0.1) is 5.92 Å². The van der Waals surface area contributed by atoms with E-state index in [1.807, 2.05) is 0 Å². The molecule has 1 aliphatic heterocycles. The standard InChI is InChI=1S/C26H35F2N3O2S2/c1-26(27,28)16-33-25-30-21-14-31(13-11-22(21)35-25)12-10-17-6-8-19(9-7-17)29-24(32)23-20-5-3-2-4-18(20)15-34-23/h15,17,19H,2-14,16H2,1H3,(H,29,32)/t17-,19-. The van der Waals surface area contributed by atoms with Crippen molar-refractivity contribution >= 4 is 28.6 Å². The number of ether oxygens (including phenoxy) is 1. The van der Waals surface area contributed by atoms with Crippen molar-refractivity contribution in [3.8, 4) is 5.19 Å². The second kappa shape index (κ2) is 10.8. The number of fused-ring (bicyclic) bond motifs is 2. The van der Waals surface area contributed by atoms with Crippen LogP contribution >= 0.6 is 22.7 Å². The van der Waals surface area contributed by atoms with Gasteiger partial charge in [0, 0.05) is 30.9 Å². The molecule has 3 aliphatic rings. The smallest absolute Gasteiger partial charge is 0.278 e. The maximum atomic E-state index is 13.1. The van der Waals surface area contributed by atoms with E-state index in [2.05, 4.69) is 20.6 Å². The number of carbonyl (C=O) groups excluding carboxylic acids is 1. The van der Waals surface area contributed by atoms with E-state index in [1.54, 1.807) is 11.3 Å². The Morgan fingerprint density at radius 3 is 2.83 bits per heavy atom. The fourth-order valence-corrected chi connectivity index (χ4v) is 7.56. The largest absolute Gasteiger partial charge is 0.464 e. The summed E-state index contributed by atoms with van der Waals surface area (Å²) in [5.41, 5.74) is 3.68. The molecule has 3 heterocycles. The number of thiazole rings is 1. The van der Waals surface area contributed by atoms with E-state index in [0.717, 1.165) is 88.5 Å². The Labute approximate surface area is 214 Å². The molecule has 2 aromatic rings. The summed E-state index contributed by atoms with van der Waals surface area (Å²) in [5, 5.41) is 5.88. The molecule has 0 aromatic carbocycles. The fraction of sp³-hybridized carbons (Fsp3) is 0.692. The first kappa shape index (κ1) is 25.1. The molecule has 2 aliphatic carbocycles. The Morgan fingerprint density at radius 2 is 2.03 bits per heavy atom. The lowest BCUT2D eigenvalue weighted by atomic mass is 9.84. The van der Waals surface area contributed by atoms with Gasteiger partial charge in [0.2, 0.25) is 0 Å². The lowest BCUT2D eigenvalue weighted by molar-refractivity contribution is -0.0230. The van der Waals surface area contributed by atoms with Crippen molar-refractivity contribution in [3.05, 3.63) is 32.0 Å². The number of nitrogens with one attached hydrogen (secondary N) is 1. The minimum absolute atomic E-state index is 0.139. The zero-order chi connectivity index (χ0) is 24.4. The van der Waals surface area contributed by atoms with Gasteiger partial charge in [-0.15, -0.1) is 11.3 Å². The lowest BCUT2D eigenvalue weighted by Gasteiger charge is -2.32. The van der Waals surface area contributed by atoms with Crippen molar-refractivity contribution in [2.75, 3.05) is 19.7 Å². The summed E-state index contributed by atoms with van der Waals surface area (Å²) in [6, 6.07) is 0.293. The van der Waals surface area contributed by atoms with Gasteiger partial charge in [0.05, 0.1) is 10.6 Å². The molecule has 0 bridgehead atoms. The molecule has 5 rings (SSSR count). The second-order valence-corrected chi connectivity index (χ2v) is 12.4. The molecule has 192 valence electrons. The highest BCUT2D eigenvalue weighted by atomic mass is 32.1. The van der Waals surface area contributed by atoms with E-state index in [-0.39, 0.29) is 5.91 Å². The minimum Gasteiger partial charge on any atom is -0.464 e. The summed E-state index contributed by atoms with van der Waals surface area (Å²) in [4.78, 5) is 21.9. The lowest BCUT2D eigenvalue weighted by Crippen LogP contribution is -2.38. The van der Waals surface area contributed by atoms with Crippen LogP contribution in [-0.2, 0) is 25.8 Å². The topological polar surface area (TPSA) is 54.5 Å². The van der Waals surface area contributed by atoms with Crippen molar-refractivity contribution in [1.29, 1.82) is 0 Å². The van der Waals surface area contributed by atoms with Crippen LogP contribution in [0.15, 0.2) is 5.38 Å². The van der Waals surface area contributed by atoms with Crippen LogP contribution in [0.2, 0.25) is 0 Å².